The summed E-state index contributed by atoms with van der Waals surface area (Å²) in [6, 6.07) is 13.2. The van der Waals surface area contributed by atoms with Crippen LogP contribution in [0.15, 0.2) is 42.5 Å². The molecular weight excluding hydrogens is 330 g/mol. The van der Waals surface area contributed by atoms with E-state index in [-0.39, 0.29) is 24.5 Å². The van der Waals surface area contributed by atoms with E-state index in [0.29, 0.717) is 12.8 Å². The lowest BCUT2D eigenvalue weighted by atomic mass is 9.99. The van der Waals surface area contributed by atoms with E-state index in [2.05, 4.69) is 5.32 Å². The van der Waals surface area contributed by atoms with Crippen molar-refractivity contribution in [3.63, 3.8) is 0 Å². The number of carboxylic acids is 1. The Hall–Kier alpha value is -2.40. The van der Waals surface area contributed by atoms with Gasteiger partial charge in [0.05, 0.1) is 24.7 Å². The van der Waals surface area contributed by atoms with Crippen LogP contribution in [-0.4, -0.2) is 29.2 Å². The van der Waals surface area contributed by atoms with Crippen molar-refractivity contribution in [3.8, 4) is 0 Å². The van der Waals surface area contributed by atoms with Crippen LogP contribution in [0.2, 0.25) is 0 Å². The number of hydrogen-bond acceptors (Lipinski definition) is 3. The van der Waals surface area contributed by atoms with E-state index < -0.39 is 12.0 Å². The number of carboxylic acid groups (broad SMARTS) is 1. The van der Waals surface area contributed by atoms with Gasteiger partial charge in [0.25, 0.3) is 0 Å². The Morgan fingerprint density at radius 2 is 1.96 bits per heavy atom. The first-order chi connectivity index (χ1) is 12.5. The quantitative estimate of drug-likeness (QED) is 0.792. The van der Waals surface area contributed by atoms with E-state index >= 15 is 0 Å². The van der Waals surface area contributed by atoms with E-state index in [1.807, 2.05) is 49.4 Å². The predicted molar refractivity (Wildman–Crippen MR) is 99.9 cm³/mol. The van der Waals surface area contributed by atoms with Crippen LogP contribution in [-0.2, 0) is 14.3 Å². The number of hydrogen-bond donors (Lipinski definition) is 2. The van der Waals surface area contributed by atoms with Crippen LogP contribution in [0.1, 0.15) is 50.6 Å². The predicted octanol–water partition coefficient (Wildman–Crippen LogP) is 3.82. The number of nitrogens with one attached hydrogen (secondary N) is 1. The van der Waals surface area contributed by atoms with Crippen molar-refractivity contribution in [3.05, 3.63) is 48.0 Å². The molecule has 1 aliphatic rings. The Balaban J connectivity index is 1.66. The highest BCUT2D eigenvalue weighted by Crippen LogP contribution is 2.24. The van der Waals surface area contributed by atoms with Crippen molar-refractivity contribution in [2.24, 2.45) is 0 Å². The topological polar surface area (TPSA) is 75.6 Å². The first kappa shape index (κ1) is 18.4. The highest BCUT2D eigenvalue weighted by Gasteiger charge is 2.23. The standard InChI is InChI=1S/C21H25NO4/c1-14-6-9-18(26-14)10-11-20(23)22-19(13-21(24)25)17-8-7-15-4-2-3-5-16(15)12-17/h2-5,7-8,12,14,18-19H,6,9-11,13H2,1H3,(H,22,23)(H,24,25)/t14?,18?,19-/m0/s1. The summed E-state index contributed by atoms with van der Waals surface area (Å²) in [5, 5.41) is 14.2. The summed E-state index contributed by atoms with van der Waals surface area (Å²) in [7, 11) is 0. The first-order valence-electron chi connectivity index (χ1n) is 9.16. The lowest BCUT2D eigenvalue weighted by Crippen LogP contribution is -2.30. The molecule has 138 valence electrons. The third kappa shape index (κ3) is 4.82. The molecule has 0 bridgehead atoms. The fourth-order valence-corrected chi connectivity index (χ4v) is 3.51. The third-order valence-corrected chi connectivity index (χ3v) is 4.90. The number of amides is 1. The van der Waals surface area contributed by atoms with Crippen molar-refractivity contribution in [1.29, 1.82) is 0 Å². The van der Waals surface area contributed by atoms with Gasteiger partial charge >= 0.3 is 5.97 Å². The Labute approximate surface area is 153 Å². The van der Waals surface area contributed by atoms with E-state index in [4.69, 9.17) is 4.74 Å². The zero-order chi connectivity index (χ0) is 18.5. The number of fused-ring (bicyclic) bond motifs is 1. The maximum Gasteiger partial charge on any atom is 0.305 e. The van der Waals surface area contributed by atoms with Gasteiger partial charge in [-0.2, -0.15) is 0 Å². The molecule has 3 rings (SSSR count). The van der Waals surface area contributed by atoms with Gasteiger partial charge in [-0.25, -0.2) is 0 Å². The minimum Gasteiger partial charge on any atom is -0.481 e. The van der Waals surface area contributed by atoms with E-state index in [9.17, 15) is 14.7 Å². The van der Waals surface area contributed by atoms with Gasteiger partial charge in [-0.3, -0.25) is 9.59 Å². The number of carbonyl (C=O) groups is 2. The Bertz CT molecular complexity index is 788. The minimum atomic E-state index is -0.934. The van der Waals surface area contributed by atoms with Crippen LogP contribution in [0.3, 0.4) is 0 Å². The molecule has 26 heavy (non-hydrogen) atoms. The molecule has 3 atom stereocenters. The first-order valence-corrected chi connectivity index (χ1v) is 9.16. The Morgan fingerprint density at radius 3 is 2.65 bits per heavy atom. The SMILES string of the molecule is CC1CCC(CCC(=O)N[C@@H](CC(=O)O)c2ccc3ccccc3c2)O1. The van der Waals surface area contributed by atoms with Crippen LogP contribution in [0, 0.1) is 0 Å². The van der Waals surface area contributed by atoms with Crippen molar-refractivity contribution in [1.82, 2.24) is 5.32 Å². The maximum atomic E-state index is 12.4. The van der Waals surface area contributed by atoms with Crippen molar-refractivity contribution < 1.29 is 19.4 Å². The Morgan fingerprint density at radius 1 is 1.19 bits per heavy atom. The summed E-state index contributed by atoms with van der Waals surface area (Å²) in [5.74, 6) is -1.07. The average Bonchev–Trinajstić information content (AvgIpc) is 3.04. The number of ether oxygens (including phenoxy) is 1. The molecule has 1 aliphatic heterocycles. The van der Waals surface area contributed by atoms with Crippen LogP contribution >= 0.6 is 0 Å². The second kappa shape index (κ2) is 8.32. The number of rotatable bonds is 7. The molecule has 2 aromatic carbocycles. The van der Waals surface area contributed by atoms with Crippen LogP contribution < -0.4 is 5.32 Å². The molecule has 2 unspecified atom stereocenters. The highest BCUT2D eigenvalue weighted by atomic mass is 16.5. The average molecular weight is 355 g/mol. The van der Waals surface area contributed by atoms with Crippen molar-refractivity contribution in [2.45, 2.75) is 57.3 Å². The summed E-state index contributed by atoms with van der Waals surface area (Å²) in [4.78, 5) is 23.6. The normalized spacial score (nSPS) is 20.8. The summed E-state index contributed by atoms with van der Waals surface area (Å²) < 4.78 is 5.74. The molecule has 0 saturated carbocycles. The molecule has 1 saturated heterocycles. The van der Waals surface area contributed by atoms with Crippen LogP contribution in [0.4, 0.5) is 0 Å². The summed E-state index contributed by atoms with van der Waals surface area (Å²) in [6.45, 7) is 2.04. The smallest absolute Gasteiger partial charge is 0.305 e. The second-order valence-electron chi connectivity index (χ2n) is 7.01. The van der Waals surface area contributed by atoms with Gasteiger partial charge in [0, 0.05) is 6.42 Å². The van der Waals surface area contributed by atoms with Crippen LogP contribution in [0.25, 0.3) is 10.8 Å². The Kier molecular flexibility index (Phi) is 5.89. The molecule has 1 amide bonds. The van der Waals surface area contributed by atoms with Crippen molar-refractivity contribution in [2.75, 3.05) is 0 Å². The van der Waals surface area contributed by atoms with E-state index in [1.165, 1.54) is 0 Å². The number of benzene rings is 2. The number of aliphatic carboxylic acids is 1. The molecule has 2 N–H and O–H groups in total. The molecule has 1 fully saturated rings. The lowest BCUT2D eigenvalue weighted by Gasteiger charge is -2.19. The molecule has 5 nitrogen and oxygen atoms in total. The van der Waals surface area contributed by atoms with Gasteiger partial charge in [-0.15, -0.1) is 0 Å². The molecule has 2 aromatic rings. The van der Waals surface area contributed by atoms with Gasteiger partial charge in [0.1, 0.15) is 0 Å². The summed E-state index contributed by atoms with van der Waals surface area (Å²) in [6.07, 6.45) is 3.30. The molecule has 0 aliphatic carbocycles. The van der Waals surface area contributed by atoms with Crippen molar-refractivity contribution >= 4 is 22.6 Å². The van der Waals surface area contributed by atoms with Gasteiger partial charge in [0.2, 0.25) is 5.91 Å². The van der Waals surface area contributed by atoms with Gasteiger partial charge in [-0.1, -0.05) is 36.4 Å². The fraction of sp³-hybridized carbons (Fsp3) is 0.429. The van der Waals surface area contributed by atoms with E-state index in [1.54, 1.807) is 0 Å². The molecular formula is C21H25NO4. The molecule has 0 spiro atoms. The molecule has 1 heterocycles. The van der Waals surface area contributed by atoms with Gasteiger partial charge in [-0.05, 0) is 48.6 Å². The molecule has 5 heteroatoms. The second-order valence-corrected chi connectivity index (χ2v) is 7.01. The van der Waals surface area contributed by atoms with Crippen LogP contribution in [0.5, 0.6) is 0 Å². The third-order valence-electron chi connectivity index (χ3n) is 4.90. The highest BCUT2D eigenvalue weighted by molar-refractivity contribution is 5.84. The molecule has 0 aromatic heterocycles. The van der Waals surface area contributed by atoms with Gasteiger partial charge < -0.3 is 15.2 Å². The fourth-order valence-electron chi connectivity index (χ4n) is 3.51. The minimum absolute atomic E-state index is 0.132. The zero-order valence-corrected chi connectivity index (χ0v) is 15.0. The summed E-state index contributed by atoms with van der Waals surface area (Å²) >= 11 is 0. The number of carbonyl (C=O) groups excluding carboxylic acids is 1. The molecule has 0 radical (unpaired) electrons. The largest absolute Gasteiger partial charge is 0.481 e. The lowest BCUT2D eigenvalue weighted by molar-refractivity contribution is -0.137. The monoisotopic (exact) mass is 355 g/mol. The van der Waals surface area contributed by atoms with Gasteiger partial charge in [0.15, 0.2) is 0 Å². The summed E-state index contributed by atoms with van der Waals surface area (Å²) in [5.41, 5.74) is 0.810. The zero-order valence-electron chi connectivity index (χ0n) is 15.0. The maximum absolute atomic E-state index is 12.4. The van der Waals surface area contributed by atoms with E-state index in [0.717, 1.165) is 29.2 Å².